The number of Topliss-reactive ketones (excluding diaryl/α,β-unsaturated/α-hetero) is 4. The average Bonchev–Trinajstić information content (AvgIpc) is 2.37. The Morgan fingerprint density at radius 3 is 0.667 bits per heavy atom. The molecule has 0 aliphatic heterocycles. The van der Waals surface area contributed by atoms with Gasteiger partial charge in [-0.15, -0.1) is 0 Å². The number of rotatable bonds is 6. The quantitative estimate of drug-likeness (QED) is 0.318. The first-order valence-electron chi connectivity index (χ1n) is 7.67. The van der Waals surface area contributed by atoms with Gasteiger partial charge in [0.05, 0.1) is 11.9 Å². The monoisotopic (exact) mass is 420 g/mol. The van der Waals surface area contributed by atoms with Crippen LogP contribution in [0.2, 0.25) is 0 Å². The van der Waals surface area contributed by atoms with Gasteiger partial charge in [-0.1, -0.05) is 0 Å². The third kappa shape index (κ3) is 24.3. The minimum absolute atomic E-state index is 0. The molecule has 27 heavy (non-hydrogen) atoms. The second-order valence-electron chi connectivity index (χ2n) is 5.10. The van der Waals surface area contributed by atoms with Gasteiger partial charge in [0.15, 0.2) is 0 Å². The Kier molecular flexibility index (Phi) is 30.1. The van der Waals surface area contributed by atoms with Gasteiger partial charge in [0, 0.05) is 0 Å². The molecule has 0 radical (unpaired) electrons. The van der Waals surface area contributed by atoms with Crippen LogP contribution in [0.3, 0.4) is 0 Å². The smallest absolute Gasteiger partial charge is 0.549 e. The van der Waals surface area contributed by atoms with Gasteiger partial charge in [0.25, 0.3) is 0 Å². The van der Waals surface area contributed by atoms with E-state index in [0.29, 0.717) is 0 Å². The van der Waals surface area contributed by atoms with Crippen molar-refractivity contribution in [3.63, 3.8) is 0 Å². The van der Waals surface area contributed by atoms with Crippen LogP contribution in [0.15, 0.2) is 0 Å². The molecule has 0 rings (SSSR count). The Hall–Kier alpha value is -1.67. The Morgan fingerprint density at radius 1 is 0.556 bits per heavy atom. The largest absolute Gasteiger partial charge is 4.00 e. The van der Waals surface area contributed by atoms with Gasteiger partial charge in [0.2, 0.25) is 0 Å². The standard InChI is InChI=1S/2C6H8O4.2C3H7.Ti/c2*1-3(7)5(4(2)8)6(9)10;2*1-3-2;/h2*5H,1-2H3,(H,9,10);2*3H,1-2H3;/q;;2*-1;+4/p-2. The van der Waals surface area contributed by atoms with E-state index < -0.39 is 46.9 Å². The van der Waals surface area contributed by atoms with Crippen molar-refractivity contribution in [1.29, 1.82) is 0 Å². The predicted molar refractivity (Wildman–Crippen MR) is 91.0 cm³/mol. The van der Waals surface area contributed by atoms with Crippen molar-refractivity contribution in [2.75, 3.05) is 0 Å². The summed E-state index contributed by atoms with van der Waals surface area (Å²) in [6, 6.07) is 0. The molecule has 0 atom stereocenters. The van der Waals surface area contributed by atoms with E-state index in [1.54, 1.807) is 0 Å². The van der Waals surface area contributed by atoms with Gasteiger partial charge >= 0.3 is 21.7 Å². The van der Waals surface area contributed by atoms with Crippen molar-refractivity contribution in [1.82, 2.24) is 0 Å². The first-order chi connectivity index (χ1) is 11.8. The summed E-state index contributed by atoms with van der Waals surface area (Å²) in [5.74, 6) is -9.17. The molecule has 0 amide bonds. The summed E-state index contributed by atoms with van der Waals surface area (Å²) in [6.07, 6.45) is 4.00. The van der Waals surface area contributed by atoms with Crippen LogP contribution in [0, 0.1) is 24.7 Å². The molecule has 0 saturated heterocycles. The second-order valence-corrected chi connectivity index (χ2v) is 5.10. The molecular formula is C18H28O8Ti. The summed E-state index contributed by atoms with van der Waals surface area (Å²) < 4.78 is 0. The van der Waals surface area contributed by atoms with Gasteiger partial charge in [-0.3, -0.25) is 19.2 Å². The van der Waals surface area contributed by atoms with E-state index in [4.69, 9.17) is 0 Å². The molecule has 8 nitrogen and oxygen atoms in total. The number of carboxylic acid groups (broad SMARTS) is 2. The molecule has 0 heterocycles. The fraction of sp³-hybridized carbons (Fsp3) is 0.556. The zero-order valence-electron chi connectivity index (χ0n) is 17.1. The molecule has 0 bridgehead atoms. The maximum absolute atomic E-state index is 10.4. The number of hydrogen-bond acceptors (Lipinski definition) is 8. The molecular weight excluding hydrogens is 392 g/mol. The molecule has 0 aromatic rings. The average molecular weight is 420 g/mol. The molecule has 0 N–H and O–H groups in total. The van der Waals surface area contributed by atoms with Gasteiger partial charge in [-0.2, -0.15) is 27.7 Å². The van der Waals surface area contributed by atoms with Crippen LogP contribution in [0.4, 0.5) is 0 Å². The van der Waals surface area contributed by atoms with Crippen molar-refractivity contribution in [2.24, 2.45) is 11.8 Å². The maximum atomic E-state index is 10.4. The molecule has 0 saturated carbocycles. The summed E-state index contributed by atoms with van der Waals surface area (Å²) in [4.78, 5) is 61.6. The zero-order valence-corrected chi connectivity index (χ0v) is 18.6. The number of aliphatic carboxylic acids is 2. The van der Waals surface area contributed by atoms with Gasteiger partial charge < -0.3 is 32.6 Å². The van der Waals surface area contributed by atoms with Crippen molar-refractivity contribution >= 4 is 35.1 Å². The zero-order chi connectivity index (χ0) is 22.0. The van der Waals surface area contributed by atoms with Crippen LogP contribution < -0.4 is 10.2 Å². The molecule has 0 aliphatic carbocycles. The first-order valence-corrected chi connectivity index (χ1v) is 7.67. The number of carboxylic acids is 2. The third-order valence-corrected chi connectivity index (χ3v) is 2.10. The van der Waals surface area contributed by atoms with Crippen LogP contribution in [0.5, 0.6) is 0 Å². The SMILES string of the molecule is CC(=O)C(C(C)=O)C(=O)[O-].CC(=O)C(C(C)=O)C(=O)[O-].C[CH-]C.C[CH-]C.[Ti+4]. The maximum Gasteiger partial charge on any atom is 4.00 e. The molecule has 152 valence electrons. The molecule has 0 fully saturated rings. The van der Waals surface area contributed by atoms with E-state index in [2.05, 4.69) is 0 Å². The number of carbonyl (C=O) groups is 6. The molecule has 9 heteroatoms. The molecule has 0 unspecified atom stereocenters. The summed E-state index contributed by atoms with van der Waals surface area (Å²) >= 11 is 0. The summed E-state index contributed by atoms with van der Waals surface area (Å²) in [7, 11) is 0. The van der Waals surface area contributed by atoms with Crippen molar-refractivity contribution in [3.05, 3.63) is 12.8 Å². The Morgan fingerprint density at radius 2 is 0.667 bits per heavy atom. The van der Waals surface area contributed by atoms with Gasteiger partial charge in [-0.25, -0.2) is 0 Å². The number of carbonyl (C=O) groups excluding carboxylic acids is 6. The van der Waals surface area contributed by atoms with Gasteiger partial charge in [-0.05, 0) is 27.7 Å². The van der Waals surface area contributed by atoms with Crippen molar-refractivity contribution in [2.45, 2.75) is 55.4 Å². The fourth-order valence-corrected chi connectivity index (χ4v) is 1.24. The van der Waals surface area contributed by atoms with Crippen molar-refractivity contribution < 1.29 is 60.7 Å². The molecule has 0 aromatic heterocycles. The van der Waals surface area contributed by atoms with Crippen LogP contribution >= 0.6 is 0 Å². The molecule has 0 aliphatic rings. The van der Waals surface area contributed by atoms with Crippen LogP contribution in [0.25, 0.3) is 0 Å². The van der Waals surface area contributed by atoms with Gasteiger partial charge in [0.1, 0.15) is 35.0 Å². The first kappa shape index (κ1) is 36.3. The Balaban J connectivity index is -0.0000000899. The van der Waals surface area contributed by atoms with E-state index in [-0.39, 0.29) is 21.7 Å². The van der Waals surface area contributed by atoms with E-state index in [1.165, 1.54) is 0 Å². The second kappa shape index (κ2) is 22.4. The molecule has 0 aromatic carbocycles. The predicted octanol–water partition coefficient (Wildman–Crippen LogP) is -0.481. The number of ketones is 4. The third-order valence-electron chi connectivity index (χ3n) is 2.10. The minimum atomic E-state index is -1.62. The summed E-state index contributed by atoms with van der Waals surface area (Å²) in [5, 5.41) is 20.1. The van der Waals surface area contributed by atoms with E-state index >= 15 is 0 Å². The fourth-order valence-electron chi connectivity index (χ4n) is 1.24. The van der Waals surface area contributed by atoms with Crippen molar-refractivity contribution in [3.8, 4) is 0 Å². The summed E-state index contributed by atoms with van der Waals surface area (Å²) in [5.41, 5.74) is 0. The normalized spacial score (nSPS) is 8.37. The Labute approximate surface area is 176 Å². The van der Waals surface area contributed by atoms with Crippen LogP contribution in [0.1, 0.15) is 55.4 Å². The molecule has 0 spiro atoms. The summed E-state index contributed by atoms with van der Waals surface area (Å²) in [6.45, 7) is 12.2. The van der Waals surface area contributed by atoms with Crippen LogP contribution in [-0.4, -0.2) is 35.1 Å². The topological polar surface area (TPSA) is 149 Å². The minimum Gasteiger partial charge on any atom is -0.549 e. The Bertz CT molecular complexity index is 375. The van der Waals surface area contributed by atoms with E-state index in [1.807, 2.05) is 40.5 Å². The van der Waals surface area contributed by atoms with Crippen LogP contribution in [-0.2, 0) is 50.5 Å². The number of hydrogen-bond donors (Lipinski definition) is 0. The van der Waals surface area contributed by atoms with E-state index in [0.717, 1.165) is 27.7 Å². The van der Waals surface area contributed by atoms with E-state index in [9.17, 15) is 39.0 Å².